The van der Waals surface area contributed by atoms with E-state index in [1.54, 1.807) is 0 Å². The van der Waals surface area contributed by atoms with Gasteiger partial charge in [-0.1, -0.05) is 26.0 Å². The van der Waals surface area contributed by atoms with Crippen molar-refractivity contribution < 1.29 is 9.90 Å². The van der Waals surface area contributed by atoms with Gasteiger partial charge in [0.15, 0.2) is 0 Å². The molecule has 0 aromatic rings. The van der Waals surface area contributed by atoms with Crippen molar-refractivity contribution in [3.63, 3.8) is 0 Å². The van der Waals surface area contributed by atoms with Gasteiger partial charge in [-0.25, -0.2) is 0 Å². The van der Waals surface area contributed by atoms with Crippen LogP contribution in [0.5, 0.6) is 0 Å². The van der Waals surface area contributed by atoms with E-state index in [1.165, 1.54) is 11.8 Å². The highest BCUT2D eigenvalue weighted by Gasteiger charge is 2.21. The van der Waals surface area contributed by atoms with Crippen LogP contribution in [0.15, 0.2) is 12.2 Å². The van der Waals surface area contributed by atoms with E-state index >= 15 is 0 Å². The van der Waals surface area contributed by atoms with Crippen molar-refractivity contribution in [1.82, 2.24) is 0 Å². The highest BCUT2D eigenvalue weighted by atomic mass is 32.2. The minimum absolute atomic E-state index is 0.173. The van der Waals surface area contributed by atoms with Gasteiger partial charge < -0.3 is 5.11 Å². The maximum Gasteiger partial charge on any atom is 0.316 e. The standard InChI is InChI=1S/C9H16O2S/c1-6(2)5-12-8(7(3)4)9(10)11/h7-8H,1,5H2,2-4H3,(H,10,11). The Kier molecular flexibility index (Phi) is 5.06. The zero-order valence-electron chi connectivity index (χ0n) is 7.83. The summed E-state index contributed by atoms with van der Waals surface area (Å²) in [5.41, 5.74) is 1.02. The molecule has 0 aromatic heterocycles. The quantitative estimate of drug-likeness (QED) is 0.673. The molecule has 0 amide bonds. The van der Waals surface area contributed by atoms with E-state index in [1.807, 2.05) is 20.8 Å². The molecule has 1 atom stereocenters. The maximum atomic E-state index is 10.7. The van der Waals surface area contributed by atoms with Crippen molar-refractivity contribution in [1.29, 1.82) is 0 Å². The van der Waals surface area contributed by atoms with E-state index in [0.29, 0.717) is 0 Å². The van der Waals surface area contributed by atoms with Crippen molar-refractivity contribution in [2.45, 2.75) is 26.0 Å². The van der Waals surface area contributed by atoms with Crippen molar-refractivity contribution in [3.8, 4) is 0 Å². The fraction of sp³-hybridized carbons (Fsp3) is 0.667. The third kappa shape index (κ3) is 4.44. The molecule has 0 saturated carbocycles. The smallest absolute Gasteiger partial charge is 0.316 e. The monoisotopic (exact) mass is 188 g/mol. The van der Waals surface area contributed by atoms with Gasteiger partial charge in [0, 0.05) is 5.75 Å². The van der Waals surface area contributed by atoms with Gasteiger partial charge in [-0.05, 0) is 12.8 Å². The molecule has 2 nitrogen and oxygen atoms in total. The molecule has 0 saturated heterocycles. The van der Waals surface area contributed by atoms with Crippen LogP contribution < -0.4 is 0 Å². The molecule has 3 heteroatoms. The lowest BCUT2D eigenvalue weighted by Gasteiger charge is -2.15. The number of carboxylic acid groups (broad SMARTS) is 1. The number of hydrogen-bond donors (Lipinski definition) is 1. The summed E-state index contributed by atoms with van der Waals surface area (Å²) in [6, 6.07) is 0. The molecule has 0 fully saturated rings. The predicted molar refractivity (Wildman–Crippen MR) is 53.5 cm³/mol. The van der Waals surface area contributed by atoms with E-state index in [0.717, 1.165) is 11.3 Å². The van der Waals surface area contributed by atoms with E-state index in [9.17, 15) is 4.79 Å². The summed E-state index contributed by atoms with van der Waals surface area (Å²) in [4.78, 5) is 10.7. The van der Waals surface area contributed by atoms with Gasteiger partial charge in [-0.3, -0.25) is 4.79 Å². The molecule has 0 aliphatic rings. The van der Waals surface area contributed by atoms with Crippen LogP contribution in [0.2, 0.25) is 0 Å². The molecule has 70 valence electrons. The van der Waals surface area contributed by atoms with E-state index < -0.39 is 5.97 Å². The second-order valence-corrected chi connectivity index (χ2v) is 4.40. The summed E-state index contributed by atoms with van der Waals surface area (Å²) < 4.78 is 0. The van der Waals surface area contributed by atoms with Gasteiger partial charge in [0.2, 0.25) is 0 Å². The first-order valence-electron chi connectivity index (χ1n) is 3.94. The van der Waals surface area contributed by atoms with Crippen LogP contribution >= 0.6 is 11.8 Å². The van der Waals surface area contributed by atoms with Gasteiger partial charge >= 0.3 is 5.97 Å². The summed E-state index contributed by atoms with van der Waals surface area (Å²) in [6.07, 6.45) is 0. The van der Waals surface area contributed by atoms with Crippen LogP contribution in [0.1, 0.15) is 20.8 Å². The Morgan fingerprint density at radius 2 is 2.08 bits per heavy atom. The van der Waals surface area contributed by atoms with E-state index in [-0.39, 0.29) is 11.2 Å². The van der Waals surface area contributed by atoms with Gasteiger partial charge in [-0.2, -0.15) is 0 Å². The number of carboxylic acids is 1. The summed E-state index contributed by atoms with van der Waals surface area (Å²) in [5.74, 6) is 0.179. The largest absolute Gasteiger partial charge is 0.480 e. The Labute approximate surface area is 78.0 Å². The zero-order valence-corrected chi connectivity index (χ0v) is 8.65. The van der Waals surface area contributed by atoms with Crippen LogP contribution in [0.25, 0.3) is 0 Å². The number of aliphatic carboxylic acids is 1. The Bertz CT molecular complexity index is 175. The van der Waals surface area contributed by atoms with Crippen molar-refractivity contribution >= 4 is 17.7 Å². The normalized spacial score (nSPS) is 13.0. The first kappa shape index (κ1) is 11.6. The van der Waals surface area contributed by atoms with Crippen molar-refractivity contribution in [2.24, 2.45) is 5.92 Å². The summed E-state index contributed by atoms with van der Waals surface area (Å²) in [6.45, 7) is 9.48. The molecule has 1 unspecified atom stereocenters. The van der Waals surface area contributed by atoms with E-state index in [4.69, 9.17) is 5.11 Å². The van der Waals surface area contributed by atoms with Gasteiger partial charge in [-0.15, -0.1) is 11.8 Å². The number of carbonyl (C=O) groups is 1. The summed E-state index contributed by atoms with van der Waals surface area (Å²) >= 11 is 1.45. The van der Waals surface area contributed by atoms with Crippen molar-refractivity contribution in [2.75, 3.05) is 5.75 Å². The van der Waals surface area contributed by atoms with Gasteiger partial charge in [0.25, 0.3) is 0 Å². The topological polar surface area (TPSA) is 37.3 Å². The lowest BCUT2D eigenvalue weighted by Crippen LogP contribution is -2.22. The first-order valence-corrected chi connectivity index (χ1v) is 4.98. The molecule has 0 rings (SSSR count). The SMILES string of the molecule is C=C(C)CSC(C(=O)O)C(C)C. The molecular weight excluding hydrogens is 172 g/mol. The summed E-state index contributed by atoms with van der Waals surface area (Å²) in [5, 5.41) is 8.50. The van der Waals surface area contributed by atoms with Gasteiger partial charge in [0.1, 0.15) is 5.25 Å². The van der Waals surface area contributed by atoms with Crippen LogP contribution in [-0.2, 0) is 4.79 Å². The molecule has 12 heavy (non-hydrogen) atoms. The Morgan fingerprint density at radius 3 is 2.33 bits per heavy atom. The van der Waals surface area contributed by atoms with Crippen LogP contribution in [-0.4, -0.2) is 22.1 Å². The van der Waals surface area contributed by atoms with Crippen LogP contribution in [0.4, 0.5) is 0 Å². The highest BCUT2D eigenvalue weighted by Crippen LogP contribution is 2.21. The second kappa shape index (κ2) is 5.25. The maximum absolute atomic E-state index is 10.7. The fourth-order valence-corrected chi connectivity index (χ4v) is 1.77. The van der Waals surface area contributed by atoms with Crippen LogP contribution in [0, 0.1) is 5.92 Å². The van der Waals surface area contributed by atoms with Crippen molar-refractivity contribution in [3.05, 3.63) is 12.2 Å². The lowest BCUT2D eigenvalue weighted by atomic mass is 10.1. The first-order chi connectivity index (χ1) is 5.45. The summed E-state index contributed by atoms with van der Waals surface area (Å²) in [7, 11) is 0. The molecule has 0 heterocycles. The zero-order chi connectivity index (χ0) is 9.72. The van der Waals surface area contributed by atoms with Gasteiger partial charge in [0.05, 0.1) is 0 Å². The Morgan fingerprint density at radius 1 is 1.58 bits per heavy atom. The molecule has 1 N–H and O–H groups in total. The molecule has 0 radical (unpaired) electrons. The Balaban J connectivity index is 3.97. The molecule has 0 aliphatic carbocycles. The highest BCUT2D eigenvalue weighted by molar-refractivity contribution is 8.00. The predicted octanol–water partition coefficient (Wildman–Crippen LogP) is 2.40. The molecular formula is C9H16O2S. The lowest BCUT2D eigenvalue weighted by molar-refractivity contribution is -0.137. The number of rotatable bonds is 5. The molecule has 0 bridgehead atoms. The average Bonchev–Trinajstić information content (AvgIpc) is 1.84. The molecule has 0 spiro atoms. The number of thioether (sulfide) groups is 1. The third-order valence-corrected chi connectivity index (χ3v) is 3.12. The fourth-order valence-electron chi connectivity index (χ4n) is 0.781. The van der Waals surface area contributed by atoms with E-state index in [2.05, 4.69) is 6.58 Å². The molecule has 0 aromatic carbocycles. The minimum Gasteiger partial charge on any atom is -0.480 e. The van der Waals surface area contributed by atoms with Crippen LogP contribution in [0.3, 0.4) is 0 Å². The Hall–Kier alpha value is -0.440. The minimum atomic E-state index is -0.726. The third-order valence-electron chi connectivity index (χ3n) is 1.36. The average molecular weight is 188 g/mol. The second-order valence-electron chi connectivity index (χ2n) is 3.27. The molecule has 0 aliphatic heterocycles. The number of hydrogen-bond acceptors (Lipinski definition) is 2.